The Balaban J connectivity index is 1.76. The number of carbonyl (C=O) groups is 2. The van der Waals surface area contributed by atoms with Gasteiger partial charge in [0.05, 0.1) is 17.1 Å². The highest BCUT2D eigenvalue weighted by atomic mass is 16.6. The first-order chi connectivity index (χ1) is 11.9. The minimum absolute atomic E-state index is 0.246. The van der Waals surface area contributed by atoms with Gasteiger partial charge in [-0.2, -0.15) is 5.10 Å². The number of carbonyl (C=O) groups excluding carboxylic acids is 2. The summed E-state index contributed by atoms with van der Waals surface area (Å²) in [5.41, 5.74) is 3.36. The van der Waals surface area contributed by atoms with E-state index in [1.165, 1.54) is 5.56 Å². The summed E-state index contributed by atoms with van der Waals surface area (Å²) in [5.74, 6) is -0.436. The minimum atomic E-state index is -0.602. The smallest absolute Gasteiger partial charge is 0.344 e. The first kappa shape index (κ1) is 18.5. The van der Waals surface area contributed by atoms with E-state index in [-0.39, 0.29) is 13.2 Å². The van der Waals surface area contributed by atoms with E-state index in [4.69, 9.17) is 9.47 Å². The Labute approximate surface area is 146 Å². The van der Waals surface area contributed by atoms with Gasteiger partial charge in [-0.05, 0) is 38.0 Å². The Bertz CT molecular complexity index is 750. The van der Waals surface area contributed by atoms with Crippen molar-refractivity contribution in [3.05, 3.63) is 41.2 Å². The Morgan fingerprint density at radius 3 is 2.40 bits per heavy atom. The van der Waals surface area contributed by atoms with Crippen LogP contribution in [0.25, 0.3) is 0 Å². The predicted octanol–water partition coefficient (Wildman–Crippen LogP) is 2.16. The van der Waals surface area contributed by atoms with Crippen molar-refractivity contribution < 1.29 is 19.1 Å². The normalized spacial score (nSPS) is 10.4. The number of benzene rings is 1. The molecule has 2 aromatic rings. The van der Waals surface area contributed by atoms with Crippen molar-refractivity contribution in [2.24, 2.45) is 7.05 Å². The van der Waals surface area contributed by atoms with Crippen LogP contribution in [0.15, 0.2) is 24.3 Å². The maximum atomic E-state index is 11.9. The van der Waals surface area contributed by atoms with Crippen LogP contribution in [0.1, 0.15) is 23.9 Å². The monoisotopic (exact) mass is 345 g/mol. The fourth-order valence-electron chi connectivity index (χ4n) is 2.28. The molecule has 1 amide bonds. The van der Waals surface area contributed by atoms with Crippen LogP contribution in [0.4, 0.5) is 5.69 Å². The van der Waals surface area contributed by atoms with E-state index in [2.05, 4.69) is 17.3 Å². The first-order valence-electron chi connectivity index (χ1n) is 8.08. The summed E-state index contributed by atoms with van der Waals surface area (Å²) in [4.78, 5) is 23.6. The molecule has 1 heterocycles. The van der Waals surface area contributed by atoms with Crippen LogP contribution in [0.3, 0.4) is 0 Å². The average Bonchev–Trinajstić information content (AvgIpc) is 2.84. The molecule has 0 aliphatic rings. The van der Waals surface area contributed by atoms with E-state index in [0.29, 0.717) is 17.1 Å². The number of esters is 1. The maximum Gasteiger partial charge on any atom is 0.344 e. The SMILES string of the molecule is CCc1ccc(OCC(=O)OCC(=O)Nc2c(C)nn(C)c2C)cc1. The van der Waals surface area contributed by atoms with Gasteiger partial charge in [-0.1, -0.05) is 19.1 Å². The maximum absolute atomic E-state index is 11.9. The molecule has 0 radical (unpaired) electrons. The lowest BCUT2D eigenvalue weighted by atomic mass is 10.2. The lowest BCUT2D eigenvalue weighted by molar-refractivity contribution is -0.149. The van der Waals surface area contributed by atoms with Gasteiger partial charge in [-0.25, -0.2) is 4.79 Å². The zero-order valence-corrected chi connectivity index (χ0v) is 15.0. The van der Waals surface area contributed by atoms with Crippen molar-refractivity contribution >= 4 is 17.6 Å². The molecule has 0 unspecified atom stereocenters. The Kier molecular flexibility index (Phi) is 6.16. The Morgan fingerprint density at radius 2 is 1.84 bits per heavy atom. The largest absolute Gasteiger partial charge is 0.482 e. The highest BCUT2D eigenvalue weighted by molar-refractivity contribution is 5.93. The van der Waals surface area contributed by atoms with Gasteiger partial charge in [0, 0.05) is 7.05 Å². The summed E-state index contributed by atoms with van der Waals surface area (Å²) >= 11 is 0. The number of aromatic nitrogens is 2. The third kappa shape index (κ3) is 5.07. The molecule has 0 atom stereocenters. The Morgan fingerprint density at radius 1 is 1.16 bits per heavy atom. The zero-order chi connectivity index (χ0) is 18.4. The second kappa shape index (κ2) is 8.32. The molecule has 7 nitrogen and oxygen atoms in total. The van der Waals surface area contributed by atoms with Crippen LogP contribution in [0.2, 0.25) is 0 Å². The van der Waals surface area contributed by atoms with Gasteiger partial charge >= 0.3 is 5.97 Å². The standard InChI is InChI=1S/C18H23N3O4/c1-5-14-6-8-15(9-7-14)24-11-17(23)25-10-16(22)19-18-12(2)20-21(4)13(18)3/h6-9H,5,10-11H2,1-4H3,(H,19,22). The van der Waals surface area contributed by atoms with Gasteiger partial charge < -0.3 is 14.8 Å². The van der Waals surface area contributed by atoms with Crippen LogP contribution in [0, 0.1) is 13.8 Å². The van der Waals surface area contributed by atoms with Crippen molar-refractivity contribution in [2.75, 3.05) is 18.5 Å². The van der Waals surface area contributed by atoms with Crippen molar-refractivity contribution in [3.63, 3.8) is 0 Å². The quantitative estimate of drug-likeness (QED) is 0.778. The van der Waals surface area contributed by atoms with Crippen molar-refractivity contribution in [3.8, 4) is 5.75 Å². The summed E-state index contributed by atoms with van der Waals surface area (Å²) in [6.45, 7) is 5.09. The number of nitrogens with zero attached hydrogens (tertiary/aromatic N) is 2. The molecule has 7 heteroatoms. The lowest BCUT2D eigenvalue weighted by Gasteiger charge is -2.08. The fraction of sp³-hybridized carbons (Fsp3) is 0.389. The summed E-state index contributed by atoms with van der Waals surface area (Å²) < 4.78 is 11.9. The van der Waals surface area contributed by atoms with E-state index in [1.54, 1.807) is 30.8 Å². The molecule has 0 aliphatic carbocycles. The highest BCUT2D eigenvalue weighted by Gasteiger charge is 2.14. The molecular weight excluding hydrogens is 322 g/mol. The van der Waals surface area contributed by atoms with Gasteiger partial charge in [-0.15, -0.1) is 0 Å². The molecule has 0 saturated carbocycles. The number of hydrogen-bond donors (Lipinski definition) is 1. The molecule has 25 heavy (non-hydrogen) atoms. The zero-order valence-electron chi connectivity index (χ0n) is 15.0. The van der Waals surface area contributed by atoms with Gasteiger partial charge in [0.25, 0.3) is 5.91 Å². The van der Waals surface area contributed by atoms with E-state index in [0.717, 1.165) is 12.1 Å². The molecule has 1 aromatic carbocycles. The molecule has 0 bridgehead atoms. The van der Waals surface area contributed by atoms with Crippen molar-refractivity contribution in [2.45, 2.75) is 27.2 Å². The number of amides is 1. The summed E-state index contributed by atoms with van der Waals surface area (Å²) in [5, 5.41) is 6.91. The van der Waals surface area contributed by atoms with E-state index >= 15 is 0 Å². The van der Waals surface area contributed by atoms with Crippen LogP contribution in [-0.2, 0) is 27.8 Å². The van der Waals surface area contributed by atoms with Crippen LogP contribution in [-0.4, -0.2) is 34.9 Å². The van der Waals surface area contributed by atoms with Crippen LogP contribution >= 0.6 is 0 Å². The second-order valence-electron chi connectivity index (χ2n) is 5.66. The lowest BCUT2D eigenvalue weighted by Crippen LogP contribution is -2.24. The minimum Gasteiger partial charge on any atom is -0.482 e. The fourth-order valence-corrected chi connectivity index (χ4v) is 2.28. The molecule has 0 fully saturated rings. The third-order valence-electron chi connectivity index (χ3n) is 3.83. The summed E-state index contributed by atoms with van der Waals surface area (Å²) in [6.07, 6.45) is 0.938. The number of aryl methyl sites for hydroxylation is 3. The summed E-state index contributed by atoms with van der Waals surface area (Å²) in [6, 6.07) is 7.47. The van der Waals surface area contributed by atoms with Gasteiger partial charge in [0.2, 0.25) is 0 Å². The highest BCUT2D eigenvalue weighted by Crippen LogP contribution is 2.18. The molecule has 1 N–H and O–H groups in total. The number of hydrogen-bond acceptors (Lipinski definition) is 5. The topological polar surface area (TPSA) is 82.4 Å². The molecular formula is C18H23N3O4. The molecule has 0 spiro atoms. The Hall–Kier alpha value is -2.83. The average molecular weight is 345 g/mol. The predicted molar refractivity (Wildman–Crippen MR) is 93.6 cm³/mol. The van der Waals surface area contributed by atoms with E-state index < -0.39 is 11.9 Å². The first-order valence-corrected chi connectivity index (χ1v) is 8.08. The second-order valence-corrected chi connectivity index (χ2v) is 5.66. The van der Waals surface area contributed by atoms with Crippen molar-refractivity contribution in [1.29, 1.82) is 0 Å². The van der Waals surface area contributed by atoms with Crippen LogP contribution < -0.4 is 10.1 Å². The van der Waals surface area contributed by atoms with Gasteiger partial charge in [0.1, 0.15) is 5.75 Å². The van der Waals surface area contributed by atoms with Gasteiger partial charge in [-0.3, -0.25) is 9.48 Å². The summed E-state index contributed by atoms with van der Waals surface area (Å²) in [7, 11) is 1.79. The molecule has 0 aliphatic heterocycles. The molecule has 2 rings (SSSR count). The molecule has 134 valence electrons. The van der Waals surface area contributed by atoms with E-state index in [9.17, 15) is 9.59 Å². The molecule has 1 aromatic heterocycles. The van der Waals surface area contributed by atoms with Crippen LogP contribution in [0.5, 0.6) is 5.75 Å². The number of rotatable bonds is 7. The number of anilines is 1. The number of ether oxygens (including phenoxy) is 2. The molecule has 0 saturated heterocycles. The third-order valence-corrected chi connectivity index (χ3v) is 3.83. The van der Waals surface area contributed by atoms with Crippen molar-refractivity contribution in [1.82, 2.24) is 9.78 Å². The number of nitrogens with one attached hydrogen (secondary N) is 1. The van der Waals surface area contributed by atoms with Gasteiger partial charge in [0.15, 0.2) is 13.2 Å². The van der Waals surface area contributed by atoms with E-state index in [1.807, 2.05) is 19.1 Å².